The maximum Gasteiger partial charge on any atom is 0.306 e. The van der Waals surface area contributed by atoms with Gasteiger partial charge in [-0.25, -0.2) is 0 Å². The fourth-order valence-electron chi connectivity index (χ4n) is 2.17. The van der Waals surface area contributed by atoms with Gasteiger partial charge in [-0.1, -0.05) is 46.5 Å². The first-order valence-electron chi connectivity index (χ1n) is 8.99. The van der Waals surface area contributed by atoms with Crippen molar-refractivity contribution in [1.82, 2.24) is 0 Å². The van der Waals surface area contributed by atoms with E-state index in [1.54, 1.807) is 0 Å². The van der Waals surface area contributed by atoms with Gasteiger partial charge in [0, 0.05) is 12.8 Å². The number of unbranched alkanes of at least 4 members (excludes halogenated alkanes) is 4. The van der Waals surface area contributed by atoms with Crippen molar-refractivity contribution >= 4 is 11.9 Å². The highest BCUT2D eigenvalue weighted by Gasteiger charge is 2.12. The van der Waals surface area contributed by atoms with Crippen molar-refractivity contribution in [2.75, 3.05) is 6.61 Å². The number of carbonyl (C=O) groups excluding carboxylic acids is 2. The van der Waals surface area contributed by atoms with Crippen molar-refractivity contribution in [3.63, 3.8) is 0 Å². The van der Waals surface area contributed by atoms with E-state index in [0.717, 1.165) is 44.9 Å². The standard InChI is InChI=1S/C18H34O4/c1-4-7-11-15-21-17(19)13-9-10-14-18(20)22-16(6-3)12-8-5-2/h16H,4-15H2,1-3H3. The molecule has 0 N–H and O–H groups in total. The van der Waals surface area contributed by atoms with Gasteiger partial charge in [0.1, 0.15) is 6.10 Å². The highest BCUT2D eigenvalue weighted by molar-refractivity contribution is 5.70. The van der Waals surface area contributed by atoms with Crippen LogP contribution in [0.2, 0.25) is 0 Å². The molecule has 4 nitrogen and oxygen atoms in total. The van der Waals surface area contributed by atoms with Crippen molar-refractivity contribution < 1.29 is 19.1 Å². The number of esters is 2. The molecular weight excluding hydrogens is 280 g/mol. The minimum atomic E-state index is -0.154. The molecule has 1 atom stereocenters. The Kier molecular flexibility index (Phi) is 14.1. The van der Waals surface area contributed by atoms with Gasteiger partial charge in [-0.05, 0) is 32.1 Å². The molecule has 0 aromatic carbocycles. The zero-order chi connectivity index (χ0) is 16.6. The Hall–Kier alpha value is -1.06. The molecule has 0 aliphatic heterocycles. The summed E-state index contributed by atoms with van der Waals surface area (Å²) in [6.45, 7) is 6.81. The first-order valence-corrected chi connectivity index (χ1v) is 8.99. The summed E-state index contributed by atoms with van der Waals surface area (Å²) in [7, 11) is 0. The number of ether oxygens (including phenoxy) is 2. The molecule has 22 heavy (non-hydrogen) atoms. The summed E-state index contributed by atoms with van der Waals surface area (Å²) in [6, 6.07) is 0. The second kappa shape index (κ2) is 14.9. The van der Waals surface area contributed by atoms with Gasteiger partial charge >= 0.3 is 11.9 Å². The zero-order valence-corrected chi connectivity index (χ0v) is 14.7. The van der Waals surface area contributed by atoms with Crippen molar-refractivity contribution in [3.05, 3.63) is 0 Å². The van der Waals surface area contributed by atoms with Crippen LogP contribution in [0.4, 0.5) is 0 Å². The predicted molar refractivity (Wildman–Crippen MR) is 88.6 cm³/mol. The summed E-state index contributed by atoms with van der Waals surface area (Å²) in [5, 5.41) is 0. The molecule has 0 radical (unpaired) electrons. The largest absolute Gasteiger partial charge is 0.466 e. The van der Waals surface area contributed by atoms with Crippen LogP contribution in [0.1, 0.15) is 91.4 Å². The molecule has 0 spiro atoms. The van der Waals surface area contributed by atoms with E-state index in [1.807, 2.05) is 6.92 Å². The minimum Gasteiger partial charge on any atom is -0.466 e. The predicted octanol–water partition coefficient (Wildman–Crippen LogP) is 4.79. The summed E-state index contributed by atoms with van der Waals surface area (Å²) in [4.78, 5) is 23.2. The molecule has 0 fully saturated rings. The van der Waals surface area contributed by atoms with Gasteiger partial charge in [-0.15, -0.1) is 0 Å². The SMILES string of the molecule is CCCCCOC(=O)CCCCC(=O)OC(CC)CCCC. The minimum absolute atomic E-state index is 0.0518. The maximum absolute atomic E-state index is 11.7. The highest BCUT2D eigenvalue weighted by atomic mass is 16.5. The fourth-order valence-corrected chi connectivity index (χ4v) is 2.17. The van der Waals surface area contributed by atoms with Crippen molar-refractivity contribution in [3.8, 4) is 0 Å². The molecule has 0 bridgehead atoms. The number of hydrogen-bond donors (Lipinski definition) is 0. The molecule has 1 unspecified atom stereocenters. The van der Waals surface area contributed by atoms with E-state index in [2.05, 4.69) is 13.8 Å². The lowest BCUT2D eigenvalue weighted by atomic mass is 10.1. The van der Waals surface area contributed by atoms with Crippen LogP contribution in [-0.4, -0.2) is 24.6 Å². The van der Waals surface area contributed by atoms with Crippen molar-refractivity contribution in [2.24, 2.45) is 0 Å². The van der Waals surface area contributed by atoms with E-state index >= 15 is 0 Å². The van der Waals surface area contributed by atoms with Crippen LogP contribution in [0, 0.1) is 0 Å². The van der Waals surface area contributed by atoms with Crippen LogP contribution in [0.5, 0.6) is 0 Å². The quantitative estimate of drug-likeness (QED) is 0.341. The molecule has 0 aliphatic rings. The summed E-state index contributed by atoms with van der Waals surface area (Å²) < 4.78 is 10.6. The Morgan fingerprint density at radius 1 is 0.818 bits per heavy atom. The topological polar surface area (TPSA) is 52.6 Å². The number of carbonyl (C=O) groups is 2. The highest BCUT2D eigenvalue weighted by Crippen LogP contribution is 2.11. The molecule has 0 aromatic rings. The second-order valence-electron chi connectivity index (χ2n) is 5.80. The van der Waals surface area contributed by atoms with Crippen LogP contribution in [-0.2, 0) is 19.1 Å². The summed E-state index contributed by atoms with van der Waals surface area (Å²) in [5.41, 5.74) is 0. The average Bonchev–Trinajstić information content (AvgIpc) is 2.52. The molecule has 0 saturated heterocycles. The Labute approximate surface area is 135 Å². The van der Waals surface area contributed by atoms with Gasteiger partial charge in [0.2, 0.25) is 0 Å². The third kappa shape index (κ3) is 12.7. The van der Waals surface area contributed by atoms with Gasteiger partial charge in [-0.2, -0.15) is 0 Å². The van der Waals surface area contributed by atoms with Gasteiger partial charge in [0.15, 0.2) is 0 Å². The Bertz CT molecular complexity index is 289. The fraction of sp³-hybridized carbons (Fsp3) is 0.889. The summed E-state index contributed by atoms with van der Waals surface area (Å²) in [5.74, 6) is -0.293. The molecule has 130 valence electrons. The van der Waals surface area contributed by atoms with E-state index in [4.69, 9.17) is 9.47 Å². The lowest BCUT2D eigenvalue weighted by molar-refractivity contribution is -0.150. The van der Waals surface area contributed by atoms with Crippen LogP contribution in [0.3, 0.4) is 0 Å². The molecule has 0 saturated carbocycles. The lowest BCUT2D eigenvalue weighted by Crippen LogP contribution is -2.17. The first kappa shape index (κ1) is 20.9. The Morgan fingerprint density at radius 2 is 1.45 bits per heavy atom. The lowest BCUT2D eigenvalue weighted by Gasteiger charge is -2.15. The number of rotatable bonds is 14. The first-order chi connectivity index (χ1) is 10.6. The smallest absolute Gasteiger partial charge is 0.306 e. The van der Waals surface area contributed by atoms with E-state index in [0.29, 0.717) is 32.3 Å². The monoisotopic (exact) mass is 314 g/mol. The van der Waals surface area contributed by atoms with Crippen LogP contribution >= 0.6 is 0 Å². The second-order valence-corrected chi connectivity index (χ2v) is 5.80. The number of hydrogen-bond acceptors (Lipinski definition) is 4. The molecule has 0 rings (SSSR count). The van der Waals surface area contributed by atoms with Crippen LogP contribution < -0.4 is 0 Å². The van der Waals surface area contributed by atoms with Gasteiger partial charge in [-0.3, -0.25) is 9.59 Å². The van der Waals surface area contributed by atoms with Gasteiger partial charge < -0.3 is 9.47 Å². The third-order valence-electron chi connectivity index (χ3n) is 3.66. The third-order valence-corrected chi connectivity index (χ3v) is 3.66. The summed E-state index contributed by atoms with van der Waals surface area (Å²) in [6.07, 6.45) is 9.40. The maximum atomic E-state index is 11.7. The molecule has 0 amide bonds. The van der Waals surface area contributed by atoms with Crippen LogP contribution in [0.15, 0.2) is 0 Å². The normalized spacial score (nSPS) is 12.0. The Morgan fingerprint density at radius 3 is 2.05 bits per heavy atom. The van der Waals surface area contributed by atoms with E-state index < -0.39 is 0 Å². The van der Waals surface area contributed by atoms with Crippen molar-refractivity contribution in [1.29, 1.82) is 0 Å². The molecule has 0 aliphatic carbocycles. The Balaban J connectivity index is 3.60. The molecular formula is C18H34O4. The van der Waals surface area contributed by atoms with Crippen LogP contribution in [0.25, 0.3) is 0 Å². The van der Waals surface area contributed by atoms with Gasteiger partial charge in [0.05, 0.1) is 6.61 Å². The average molecular weight is 314 g/mol. The molecule has 0 heterocycles. The van der Waals surface area contributed by atoms with E-state index in [9.17, 15) is 9.59 Å². The van der Waals surface area contributed by atoms with E-state index in [1.165, 1.54) is 0 Å². The van der Waals surface area contributed by atoms with Gasteiger partial charge in [0.25, 0.3) is 0 Å². The van der Waals surface area contributed by atoms with E-state index in [-0.39, 0.29) is 18.0 Å². The molecule has 0 aromatic heterocycles. The molecule has 4 heteroatoms. The summed E-state index contributed by atoms with van der Waals surface area (Å²) >= 11 is 0. The zero-order valence-electron chi connectivity index (χ0n) is 14.7. The van der Waals surface area contributed by atoms with Crippen molar-refractivity contribution in [2.45, 2.75) is 97.5 Å².